The van der Waals surface area contributed by atoms with Crippen LogP contribution in [0, 0.1) is 3.77 Å². The number of hydrogen-bond donors (Lipinski definition) is 2. The fourth-order valence-corrected chi connectivity index (χ4v) is 5.65. The number of fused-ring (bicyclic) bond motifs is 6. The Balaban J connectivity index is 1.66. The Morgan fingerprint density at radius 3 is 2.72 bits per heavy atom. The molecule has 2 aliphatic rings. The maximum Gasteiger partial charge on any atom is 0.335 e. The van der Waals surface area contributed by atoms with Crippen LogP contribution in [-0.4, -0.2) is 22.3 Å². The van der Waals surface area contributed by atoms with E-state index in [0.29, 0.717) is 5.56 Å². The number of aliphatic hydroxyl groups excluding tert-OH is 1. The molecule has 1 aromatic heterocycles. The van der Waals surface area contributed by atoms with Crippen molar-refractivity contribution in [3.8, 4) is 0 Å². The SMILES string of the molecule is O=C(O)c1ccc2c(c1)[C@@H]1C[C@H]2[C@H](c2c(I)oc3ccccc23)C1O. The summed E-state index contributed by atoms with van der Waals surface area (Å²) in [4.78, 5) is 11.3. The van der Waals surface area contributed by atoms with Crippen LogP contribution in [0.15, 0.2) is 46.9 Å². The zero-order valence-electron chi connectivity index (χ0n) is 13.1. The molecule has 1 saturated carbocycles. The molecule has 4 atom stereocenters. The van der Waals surface area contributed by atoms with E-state index in [9.17, 15) is 15.0 Å². The second kappa shape index (κ2) is 5.32. The third-order valence-corrected chi connectivity index (χ3v) is 6.58. The summed E-state index contributed by atoms with van der Waals surface area (Å²) in [5.41, 5.74) is 4.39. The normalized spacial score (nSPS) is 27.0. The summed E-state index contributed by atoms with van der Waals surface area (Å²) in [5, 5.41) is 21.3. The van der Waals surface area contributed by atoms with Crippen LogP contribution in [0.25, 0.3) is 11.0 Å². The van der Waals surface area contributed by atoms with E-state index in [0.717, 1.165) is 32.3 Å². The lowest BCUT2D eigenvalue weighted by Crippen LogP contribution is -2.25. The van der Waals surface area contributed by atoms with Crippen LogP contribution in [-0.2, 0) is 0 Å². The van der Waals surface area contributed by atoms with Crippen LogP contribution >= 0.6 is 22.6 Å². The molecule has 1 fully saturated rings. The van der Waals surface area contributed by atoms with Crippen LogP contribution in [0.1, 0.15) is 51.2 Å². The van der Waals surface area contributed by atoms with E-state index in [4.69, 9.17) is 4.42 Å². The van der Waals surface area contributed by atoms with Gasteiger partial charge in [0.05, 0.1) is 11.7 Å². The van der Waals surface area contributed by atoms with Gasteiger partial charge in [-0.2, -0.15) is 0 Å². The van der Waals surface area contributed by atoms with Crippen molar-refractivity contribution in [2.24, 2.45) is 0 Å². The number of para-hydroxylation sites is 1. The molecule has 5 rings (SSSR count). The van der Waals surface area contributed by atoms with Gasteiger partial charge in [0.1, 0.15) is 5.58 Å². The molecule has 126 valence electrons. The molecule has 2 bridgehead atoms. The molecule has 0 amide bonds. The van der Waals surface area contributed by atoms with Crippen molar-refractivity contribution in [2.45, 2.75) is 30.3 Å². The van der Waals surface area contributed by atoms with E-state index in [1.807, 2.05) is 30.3 Å². The molecule has 25 heavy (non-hydrogen) atoms. The maximum absolute atomic E-state index is 11.3. The molecular formula is C20H15IO4. The average Bonchev–Trinajstić information content (AvgIpc) is 3.23. The minimum absolute atomic E-state index is 0.00578. The van der Waals surface area contributed by atoms with Crippen LogP contribution < -0.4 is 0 Å². The summed E-state index contributed by atoms with van der Waals surface area (Å²) in [7, 11) is 0. The first-order valence-corrected chi connectivity index (χ1v) is 9.36. The number of carboxylic acids is 1. The van der Waals surface area contributed by atoms with Crippen LogP contribution in [0.4, 0.5) is 0 Å². The predicted octanol–water partition coefficient (Wildman–Crippen LogP) is 4.46. The second-order valence-corrected chi connectivity index (χ2v) is 7.88. The van der Waals surface area contributed by atoms with Crippen LogP contribution in [0.2, 0.25) is 0 Å². The van der Waals surface area contributed by atoms with E-state index >= 15 is 0 Å². The van der Waals surface area contributed by atoms with Gasteiger partial charge in [-0.25, -0.2) is 4.79 Å². The van der Waals surface area contributed by atoms with Gasteiger partial charge in [-0.05, 0) is 64.3 Å². The first-order chi connectivity index (χ1) is 12.1. The van der Waals surface area contributed by atoms with Gasteiger partial charge >= 0.3 is 5.97 Å². The number of benzene rings is 2. The molecule has 0 saturated heterocycles. The topological polar surface area (TPSA) is 70.7 Å². The van der Waals surface area contributed by atoms with Gasteiger partial charge in [-0.15, -0.1) is 0 Å². The van der Waals surface area contributed by atoms with Gasteiger partial charge in [-0.1, -0.05) is 24.3 Å². The third-order valence-electron chi connectivity index (χ3n) is 5.78. The molecule has 1 heterocycles. The number of aromatic carboxylic acids is 1. The first kappa shape index (κ1) is 15.4. The highest BCUT2D eigenvalue weighted by Crippen LogP contribution is 2.61. The standard InChI is InChI=1S/C20H15IO4/c21-19-17(11-3-1-2-4-15(11)25-19)16-13-8-14(18(16)22)12-7-9(20(23)24)5-6-10(12)13/h1-7,13-14,16,18,22H,8H2,(H,23,24)/t13-,14+,16-,18?/m1/s1. The predicted molar refractivity (Wildman–Crippen MR) is 101 cm³/mol. The Bertz CT molecular complexity index is 1020. The van der Waals surface area contributed by atoms with Crippen molar-refractivity contribution in [1.82, 2.24) is 0 Å². The van der Waals surface area contributed by atoms with E-state index in [-0.39, 0.29) is 17.8 Å². The van der Waals surface area contributed by atoms with E-state index in [1.54, 1.807) is 12.1 Å². The number of rotatable bonds is 2. The van der Waals surface area contributed by atoms with Crippen LogP contribution in [0.3, 0.4) is 0 Å². The summed E-state index contributed by atoms with van der Waals surface area (Å²) >= 11 is 2.21. The highest BCUT2D eigenvalue weighted by molar-refractivity contribution is 14.1. The Kier molecular flexibility index (Phi) is 3.27. The maximum atomic E-state index is 11.3. The van der Waals surface area contributed by atoms with Crippen molar-refractivity contribution in [3.63, 3.8) is 0 Å². The third kappa shape index (κ3) is 2.05. The highest BCUT2D eigenvalue weighted by Gasteiger charge is 2.52. The molecule has 0 spiro atoms. The Morgan fingerprint density at radius 2 is 1.92 bits per heavy atom. The fourth-order valence-electron chi connectivity index (χ4n) is 4.76. The van der Waals surface area contributed by atoms with Crippen molar-refractivity contribution < 1.29 is 19.4 Å². The molecule has 3 aromatic rings. The van der Waals surface area contributed by atoms with Crippen molar-refractivity contribution >= 4 is 39.5 Å². The number of aliphatic hydroxyl groups is 1. The van der Waals surface area contributed by atoms with Crippen LogP contribution in [0.5, 0.6) is 0 Å². The van der Waals surface area contributed by atoms with Crippen molar-refractivity contribution in [3.05, 3.63) is 68.5 Å². The summed E-state index contributed by atoms with van der Waals surface area (Å²) in [6.07, 6.45) is 0.343. The lowest BCUT2D eigenvalue weighted by Gasteiger charge is -2.29. The molecule has 4 nitrogen and oxygen atoms in total. The molecule has 5 heteroatoms. The van der Waals surface area contributed by atoms with E-state index in [1.165, 1.54) is 5.56 Å². The smallest absolute Gasteiger partial charge is 0.335 e. The molecular weight excluding hydrogens is 431 g/mol. The van der Waals surface area contributed by atoms with Crippen molar-refractivity contribution in [1.29, 1.82) is 0 Å². The van der Waals surface area contributed by atoms with Gasteiger partial charge in [-0.3, -0.25) is 0 Å². The first-order valence-electron chi connectivity index (χ1n) is 8.28. The molecule has 2 N–H and O–H groups in total. The minimum atomic E-state index is -0.924. The summed E-state index contributed by atoms with van der Waals surface area (Å²) in [5.74, 6) is -0.739. The zero-order valence-corrected chi connectivity index (χ0v) is 15.3. The molecule has 0 radical (unpaired) electrons. The van der Waals surface area contributed by atoms with Gasteiger partial charge in [0.25, 0.3) is 0 Å². The monoisotopic (exact) mass is 446 g/mol. The lowest BCUT2D eigenvalue weighted by molar-refractivity contribution is 0.0696. The van der Waals surface area contributed by atoms with Gasteiger partial charge in [0, 0.05) is 22.8 Å². The summed E-state index contributed by atoms with van der Waals surface area (Å²) < 4.78 is 6.74. The minimum Gasteiger partial charge on any atom is -0.478 e. The Labute approximate surface area is 157 Å². The fraction of sp³-hybridized carbons (Fsp3) is 0.250. The van der Waals surface area contributed by atoms with Gasteiger partial charge in [0.2, 0.25) is 0 Å². The van der Waals surface area contributed by atoms with Gasteiger partial charge < -0.3 is 14.6 Å². The van der Waals surface area contributed by atoms with Gasteiger partial charge in [0.15, 0.2) is 3.77 Å². The molecule has 0 aliphatic heterocycles. The van der Waals surface area contributed by atoms with E-state index in [2.05, 4.69) is 22.6 Å². The summed E-state index contributed by atoms with van der Waals surface area (Å²) in [6, 6.07) is 13.3. The molecule has 2 aliphatic carbocycles. The average molecular weight is 446 g/mol. The zero-order chi connectivity index (χ0) is 17.3. The Morgan fingerprint density at radius 1 is 1.12 bits per heavy atom. The number of carboxylic acid groups (broad SMARTS) is 1. The number of carbonyl (C=O) groups is 1. The highest BCUT2D eigenvalue weighted by atomic mass is 127. The summed E-state index contributed by atoms with van der Waals surface area (Å²) in [6.45, 7) is 0. The largest absolute Gasteiger partial charge is 0.478 e. The number of halogens is 1. The van der Waals surface area contributed by atoms with Crippen molar-refractivity contribution in [2.75, 3.05) is 0 Å². The molecule has 2 aromatic carbocycles. The quantitative estimate of drug-likeness (QED) is 0.571. The Hall–Kier alpha value is -1.86. The number of hydrogen-bond acceptors (Lipinski definition) is 3. The number of furan rings is 1. The second-order valence-electron chi connectivity index (χ2n) is 6.90. The van der Waals surface area contributed by atoms with E-state index < -0.39 is 12.1 Å². The molecule has 1 unspecified atom stereocenters. The lowest BCUT2D eigenvalue weighted by atomic mass is 9.77.